The van der Waals surface area contributed by atoms with E-state index in [0.717, 1.165) is 33.8 Å². The summed E-state index contributed by atoms with van der Waals surface area (Å²) in [6, 6.07) is 13.9. The van der Waals surface area contributed by atoms with Gasteiger partial charge >= 0.3 is 0 Å². The summed E-state index contributed by atoms with van der Waals surface area (Å²) in [7, 11) is 0. The number of carbonyl (C=O) groups excluding carboxylic acids is 1. The van der Waals surface area contributed by atoms with Gasteiger partial charge in [-0.2, -0.15) is 0 Å². The largest absolute Gasteiger partial charge is 0.453 e. The van der Waals surface area contributed by atoms with Gasteiger partial charge in [0, 0.05) is 20.8 Å². The number of aryl methyl sites for hydroxylation is 2. The number of ketones is 1. The van der Waals surface area contributed by atoms with Crippen molar-refractivity contribution >= 4 is 66.0 Å². The van der Waals surface area contributed by atoms with Crippen LogP contribution in [0.3, 0.4) is 0 Å². The third-order valence-electron chi connectivity index (χ3n) is 6.17. The van der Waals surface area contributed by atoms with Gasteiger partial charge in [-0.25, -0.2) is 4.98 Å². The van der Waals surface area contributed by atoms with Crippen LogP contribution in [0.4, 0.5) is 0 Å². The number of aromatic amines is 1. The van der Waals surface area contributed by atoms with Gasteiger partial charge in [-0.1, -0.05) is 45.9 Å². The smallest absolute Gasteiger partial charge is 0.260 e. The number of H-pyrrole nitrogens is 1. The highest BCUT2D eigenvalue weighted by Gasteiger charge is 2.18. The standard InChI is InChI=1S/C26H19BrN2O3S2/c27-18-7-8-21-17(10-18)11-22(32-21)20(30)13-34-26-28-24(31)23-19(12-33-25(23)29-26)16-6-5-14-3-1-2-4-15(14)9-16/h5-12H,1-4,13H2,(H,28,29,31). The fourth-order valence-corrected chi connectivity index (χ4v) is 6.58. The Morgan fingerprint density at radius 3 is 2.85 bits per heavy atom. The normalized spacial score (nSPS) is 13.4. The quantitative estimate of drug-likeness (QED) is 0.144. The molecular weight excluding hydrogens is 532 g/mol. The van der Waals surface area contributed by atoms with Crippen LogP contribution in [0.2, 0.25) is 0 Å². The summed E-state index contributed by atoms with van der Waals surface area (Å²) in [6.07, 6.45) is 4.69. The predicted octanol–water partition coefficient (Wildman–Crippen LogP) is 7.01. The van der Waals surface area contributed by atoms with Gasteiger partial charge in [0.15, 0.2) is 10.9 Å². The predicted molar refractivity (Wildman–Crippen MR) is 141 cm³/mol. The first-order valence-electron chi connectivity index (χ1n) is 11.0. The molecule has 34 heavy (non-hydrogen) atoms. The molecule has 3 aromatic heterocycles. The first-order chi connectivity index (χ1) is 16.5. The lowest BCUT2D eigenvalue weighted by molar-refractivity contribution is 0.0994. The summed E-state index contributed by atoms with van der Waals surface area (Å²) in [5.41, 5.74) is 5.27. The monoisotopic (exact) mass is 550 g/mol. The molecule has 1 aliphatic rings. The maximum atomic E-state index is 13.0. The van der Waals surface area contributed by atoms with Crippen molar-refractivity contribution in [2.75, 3.05) is 5.75 Å². The van der Waals surface area contributed by atoms with Crippen molar-refractivity contribution in [1.29, 1.82) is 0 Å². The minimum Gasteiger partial charge on any atom is -0.453 e. The fourth-order valence-electron chi connectivity index (χ4n) is 4.47. The molecule has 0 fully saturated rings. The molecule has 5 aromatic rings. The molecule has 0 unspecified atom stereocenters. The molecule has 0 saturated carbocycles. The van der Waals surface area contributed by atoms with Crippen LogP contribution in [0, 0.1) is 0 Å². The molecule has 5 nitrogen and oxygen atoms in total. The number of nitrogens with one attached hydrogen (secondary N) is 1. The lowest BCUT2D eigenvalue weighted by Gasteiger charge is -2.16. The number of thiophene rings is 1. The fraction of sp³-hybridized carbons (Fsp3) is 0.192. The number of hydrogen-bond donors (Lipinski definition) is 1. The molecule has 0 spiro atoms. The zero-order valence-electron chi connectivity index (χ0n) is 18.0. The zero-order chi connectivity index (χ0) is 23.2. The number of rotatable bonds is 5. The van der Waals surface area contributed by atoms with E-state index in [1.165, 1.54) is 47.1 Å². The summed E-state index contributed by atoms with van der Waals surface area (Å²) in [6.45, 7) is 0. The van der Waals surface area contributed by atoms with Crippen molar-refractivity contribution in [3.8, 4) is 11.1 Å². The number of aromatic nitrogens is 2. The van der Waals surface area contributed by atoms with E-state index in [2.05, 4.69) is 44.1 Å². The number of Topliss-reactive ketones (excluding diaryl/α,β-unsaturated/α-hetero) is 1. The highest BCUT2D eigenvalue weighted by Crippen LogP contribution is 2.34. The van der Waals surface area contributed by atoms with E-state index in [9.17, 15) is 9.59 Å². The molecule has 170 valence electrons. The first-order valence-corrected chi connectivity index (χ1v) is 13.7. The van der Waals surface area contributed by atoms with Gasteiger partial charge in [0.05, 0.1) is 11.1 Å². The molecule has 0 amide bonds. The molecule has 3 heterocycles. The van der Waals surface area contributed by atoms with Crippen molar-refractivity contribution in [1.82, 2.24) is 9.97 Å². The third kappa shape index (κ3) is 4.04. The molecule has 1 N–H and O–H groups in total. The highest BCUT2D eigenvalue weighted by atomic mass is 79.9. The molecule has 0 radical (unpaired) electrons. The Balaban J connectivity index is 1.25. The summed E-state index contributed by atoms with van der Waals surface area (Å²) >= 11 is 6.09. The van der Waals surface area contributed by atoms with E-state index in [0.29, 0.717) is 26.7 Å². The highest BCUT2D eigenvalue weighted by molar-refractivity contribution is 9.10. The van der Waals surface area contributed by atoms with E-state index >= 15 is 0 Å². The Kier molecular flexibility index (Phi) is 5.67. The Hall–Kier alpha value is -2.68. The number of nitrogens with zero attached hydrogens (tertiary/aromatic N) is 1. The SMILES string of the molecule is O=C(CSc1nc2scc(-c3ccc4c(c3)CCCC4)c2c(=O)[nH]1)c1cc2cc(Br)ccc2o1. The molecule has 0 bridgehead atoms. The van der Waals surface area contributed by atoms with Crippen LogP contribution in [-0.2, 0) is 12.8 Å². The van der Waals surface area contributed by atoms with Crippen LogP contribution < -0.4 is 5.56 Å². The molecule has 2 aromatic carbocycles. The summed E-state index contributed by atoms with van der Waals surface area (Å²) in [4.78, 5) is 33.9. The van der Waals surface area contributed by atoms with Gasteiger partial charge in [-0.15, -0.1) is 11.3 Å². The van der Waals surface area contributed by atoms with Crippen molar-refractivity contribution in [2.24, 2.45) is 0 Å². The summed E-state index contributed by atoms with van der Waals surface area (Å²) < 4.78 is 6.61. The molecule has 0 saturated heterocycles. The Labute approximate surface area is 211 Å². The number of halogens is 1. The van der Waals surface area contributed by atoms with Crippen LogP contribution in [0.25, 0.3) is 32.3 Å². The van der Waals surface area contributed by atoms with Gasteiger partial charge < -0.3 is 9.40 Å². The Morgan fingerprint density at radius 2 is 1.97 bits per heavy atom. The lowest BCUT2D eigenvalue weighted by Crippen LogP contribution is -2.10. The molecule has 0 atom stereocenters. The van der Waals surface area contributed by atoms with Gasteiger partial charge in [0.1, 0.15) is 10.4 Å². The average molecular weight is 551 g/mol. The van der Waals surface area contributed by atoms with E-state index in [-0.39, 0.29) is 17.1 Å². The second-order valence-corrected chi connectivity index (χ2v) is 11.1. The molecule has 6 rings (SSSR count). The number of furan rings is 1. The third-order valence-corrected chi connectivity index (χ3v) is 8.41. The number of thioether (sulfide) groups is 1. The van der Waals surface area contributed by atoms with E-state index in [1.54, 1.807) is 6.07 Å². The van der Waals surface area contributed by atoms with Crippen LogP contribution in [-0.4, -0.2) is 21.5 Å². The molecule has 1 aliphatic carbocycles. The molecule has 8 heteroatoms. The second-order valence-electron chi connectivity index (χ2n) is 8.40. The van der Waals surface area contributed by atoms with Gasteiger partial charge in [-0.05, 0) is 66.6 Å². The minimum atomic E-state index is -0.178. The number of fused-ring (bicyclic) bond motifs is 3. The minimum absolute atomic E-state index is 0.124. The number of hydrogen-bond acceptors (Lipinski definition) is 6. The van der Waals surface area contributed by atoms with Crippen molar-refractivity contribution < 1.29 is 9.21 Å². The van der Waals surface area contributed by atoms with E-state index < -0.39 is 0 Å². The first kappa shape index (κ1) is 21.8. The number of carbonyl (C=O) groups is 1. The lowest BCUT2D eigenvalue weighted by atomic mass is 9.89. The summed E-state index contributed by atoms with van der Waals surface area (Å²) in [5.74, 6) is 0.272. The van der Waals surface area contributed by atoms with Crippen LogP contribution in [0.15, 0.2) is 66.7 Å². The maximum absolute atomic E-state index is 13.0. The Morgan fingerprint density at radius 1 is 1.12 bits per heavy atom. The topological polar surface area (TPSA) is 76.0 Å². The van der Waals surface area contributed by atoms with E-state index in [1.807, 2.05) is 23.6 Å². The number of benzene rings is 2. The maximum Gasteiger partial charge on any atom is 0.260 e. The Bertz CT molecular complexity index is 1630. The van der Waals surface area contributed by atoms with Gasteiger partial charge in [-0.3, -0.25) is 9.59 Å². The van der Waals surface area contributed by atoms with Crippen LogP contribution >= 0.6 is 39.0 Å². The van der Waals surface area contributed by atoms with Crippen LogP contribution in [0.1, 0.15) is 34.5 Å². The summed E-state index contributed by atoms with van der Waals surface area (Å²) in [5, 5.41) is 3.91. The van der Waals surface area contributed by atoms with Crippen molar-refractivity contribution in [3.63, 3.8) is 0 Å². The van der Waals surface area contributed by atoms with Gasteiger partial charge in [0.25, 0.3) is 5.56 Å². The van der Waals surface area contributed by atoms with Gasteiger partial charge in [0.2, 0.25) is 5.78 Å². The molecule has 0 aliphatic heterocycles. The second kappa shape index (κ2) is 8.83. The van der Waals surface area contributed by atoms with Crippen molar-refractivity contribution in [2.45, 2.75) is 30.8 Å². The zero-order valence-corrected chi connectivity index (χ0v) is 21.2. The van der Waals surface area contributed by atoms with Crippen LogP contribution in [0.5, 0.6) is 0 Å². The van der Waals surface area contributed by atoms with Crippen molar-refractivity contribution in [3.05, 3.63) is 79.6 Å². The van der Waals surface area contributed by atoms with E-state index in [4.69, 9.17) is 4.42 Å². The average Bonchev–Trinajstić information content (AvgIpc) is 3.46. The molecular formula is C26H19BrN2O3S2.